The second kappa shape index (κ2) is 55.0. The third kappa shape index (κ3) is 32.9. The molecule has 650 valence electrons. The number of ether oxygens (including phenoxy) is 4. The molecule has 0 saturated heterocycles. The van der Waals surface area contributed by atoms with Crippen molar-refractivity contribution in [3.8, 4) is 150 Å². The molecule has 124 heavy (non-hydrogen) atoms. The van der Waals surface area contributed by atoms with E-state index < -0.39 is 0 Å². The second-order valence-electron chi connectivity index (χ2n) is 35.5. The van der Waals surface area contributed by atoms with Crippen molar-refractivity contribution in [1.29, 1.82) is 0 Å². The predicted octanol–water partition coefficient (Wildman–Crippen LogP) is 34.0. The molecule has 5 heteroatoms. The minimum Gasteiger partial charge on any atom is -0.492 e. The molecule has 0 amide bonds. The second-order valence-corrected chi connectivity index (χ2v) is 35.5. The van der Waals surface area contributed by atoms with Gasteiger partial charge in [0.15, 0.2) is 0 Å². The van der Waals surface area contributed by atoms with E-state index in [2.05, 4.69) is 266 Å². The Morgan fingerprint density at radius 1 is 0.234 bits per heavy atom. The van der Waals surface area contributed by atoms with Crippen molar-refractivity contribution in [3.05, 3.63) is 245 Å². The highest BCUT2D eigenvalue weighted by Gasteiger charge is 2.18. The molecule has 5 nitrogen and oxygen atoms in total. The molecule has 0 saturated carbocycles. The van der Waals surface area contributed by atoms with E-state index >= 15 is 0 Å². The molecule has 1 heterocycles. The monoisotopic (exact) mass is 1650 g/mol. The van der Waals surface area contributed by atoms with Crippen LogP contribution in [0.5, 0.6) is 23.0 Å². The highest BCUT2D eigenvalue weighted by Crippen LogP contribution is 2.38. The third-order valence-corrected chi connectivity index (χ3v) is 24.3. The highest BCUT2D eigenvalue weighted by atomic mass is 16.5. The summed E-state index contributed by atoms with van der Waals surface area (Å²) < 4.78 is 26.0. The van der Waals surface area contributed by atoms with Gasteiger partial charge < -0.3 is 18.9 Å². The van der Waals surface area contributed by atoms with Crippen LogP contribution in [0.4, 0.5) is 0 Å². The van der Waals surface area contributed by atoms with E-state index in [-0.39, 0.29) is 5.41 Å². The Bertz CT molecular complexity index is 4690. The van der Waals surface area contributed by atoms with Crippen LogP contribution in [0.15, 0.2) is 206 Å². The van der Waals surface area contributed by atoms with E-state index in [1.165, 1.54) is 211 Å². The Labute approximate surface area is 751 Å². The van der Waals surface area contributed by atoms with Gasteiger partial charge in [-0.1, -0.05) is 461 Å². The van der Waals surface area contributed by atoms with E-state index in [1.807, 2.05) is 24.3 Å². The number of rotatable bonds is 55. The van der Waals surface area contributed by atoms with E-state index in [1.54, 1.807) is 0 Å². The van der Waals surface area contributed by atoms with Crippen LogP contribution in [0.25, 0.3) is 78.1 Å². The molecule has 0 unspecified atom stereocenters. The summed E-state index contributed by atoms with van der Waals surface area (Å²) in [6.07, 6.45) is 63.2. The quantitative estimate of drug-likeness (QED) is 0.0281. The normalized spacial score (nSPS) is 11.2. The van der Waals surface area contributed by atoms with Gasteiger partial charge in [0.1, 0.15) is 23.0 Å². The Morgan fingerprint density at radius 2 is 0.468 bits per heavy atom. The average molecular weight is 1650 g/mol. The lowest BCUT2D eigenvalue weighted by atomic mass is 9.86. The molecule has 0 spiro atoms. The molecule has 0 radical (unpaired) electrons. The van der Waals surface area contributed by atoms with Crippen LogP contribution >= 0.6 is 0 Å². The first-order chi connectivity index (χ1) is 60.9. The van der Waals surface area contributed by atoms with Gasteiger partial charge in [-0.2, -0.15) is 0 Å². The van der Waals surface area contributed by atoms with Crippen molar-refractivity contribution in [3.63, 3.8) is 0 Å². The van der Waals surface area contributed by atoms with Gasteiger partial charge in [-0.05, 0) is 129 Å². The first-order valence-electron chi connectivity index (χ1n) is 48.5. The largest absolute Gasteiger partial charge is 0.492 e. The van der Waals surface area contributed by atoms with Crippen LogP contribution < -0.4 is 18.9 Å². The van der Waals surface area contributed by atoms with E-state index in [0.717, 1.165) is 163 Å². The molecule has 0 aliphatic heterocycles. The number of benzene rings is 9. The van der Waals surface area contributed by atoms with Crippen molar-refractivity contribution < 1.29 is 18.9 Å². The summed E-state index contributed by atoms with van der Waals surface area (Å²) in [6.45, 7) is 18.4. The predicted molar refractivity (Wildman–Crippen MR) is 531 cm³/mol. The standard InChI is InChI=1S/C119H145NO4/c1-10-16-20-24-28-32-36-40-44-48-82-121-115-92-109(117(90-96(115)14-5)123-84-50-46-42-38-34-30-26-22-18-12-3)60-58-94-54-52-56-107(86-94)102-66-62-98(63-67-102)100-70-74-105(75-71-100)113-88-111(104-78-80-112(81-79-104)119(7,8)9)89-114(120-113)106-76-72-101(73-77-106)99-64-68-103(69-65-99)108-57-53-55-95(87-108)59-61-110-93-116(122-83-49-45-41-37-33-29-25-21-17-11-2)97(15-6)91-118(110)124-85-51-47-43-39-35-31-27-23-19-13-4/h5-6,52-57,62-81,86-93H,10-13,16-51,82-85H2,1-4,7-9H3. The lowest BCUT2D eigenvalue weighted by Gasteiger charge is -2.19. The zero-order valence-electron chi connectivity index (χ0n) is 77.0. The summed E-state index contributed by atoms with van der Waals surface area (Å²) in [7, 11) is 0. The number of aromatic nitrogens is 1. The lowest BCUT2D eigenvalue weighted by molar-refractivity contribution is 0.295. The Morgan fingerprint density at radius 3 is 0.742 bits per heavy atom. The first kappa shape index (κ1) is 95.8. The molecule has 10 rings (SSSR count). The summed E-state index contributed by atoms with van der Waals surface area (Å²) >= 11 is 0. The molecular weight excluding hydrogens is 1510 g/mol. The van der Waals surface area contributed by atoms with Gasteiger partial charge in [0.2, 0.25) is 0 Å². The minimum atomic E-state index is 0.0352. The molecule has 0 aliphatic carbocycles. The molecule has 9 aromatic carbocycles. The topological polar surface area (TPSA) is 49.8 Å². The van der Waals surface area contributed by atoms with E-state index in [4.69, 9.17) is 36.8 Å². The Balaban J connectivity index is 0.807. The fraction of sp³-hybridized carbons (Fsp3) is 0.437. The van der Waals surface area contributed by atoms with Crippen molar-refractivity contribution in [2.45, 2.75) is 311 Å². The number of pyridine rings is 1. The van der Waals surface area contributed by atoms with Gasteiger partial charge in [-0.25, -0.2) is 4.98 Å². The highest BCUT2D eigenvalue weighted by molar-refractivity contribution is 5.80. The number of hydrogen-bond donors (Lipinski definition) is 0. The summed E-state index contributed by atoms with van der Waals surface area (Å²) in [4.78, 5) is 5.43. The van der Waals surface area contributed by atoms with Crippen LogP contribution in [0, 0.1) is 48.4 Å². The van der Waals surface area contributed by atoms with E-state index in [0.29, 0.717) is 49.1 Å². The molecule has 0 N–H and O–H groups in total. The maximum atomic E-state index is 6.54. The van der Waals surface area contributed by atoms with Gasteiger partial charge in [0.05, 0.1) is 60.1 Å². The lowest BCUT2D eigenvalue weighted by Crippen LogP contribution is -2.10. The molecule has 10 aromatic rings. The minimum absolute atomic E-state index is 0.0352. The van der Waals surface area contributed by atoms with Crippen LogP contribution in [0.2, 0.25) is 0 Å². The third-order valence-electron chi connectivity index (χ3n) is 24.3. The van der Waals surface area contributed by atoms with Crippen LogP contribution in [0.3, 0.4) is 0 Å². The van der Waals surface area contributed by atoms with Crippen molar-refractivity contribution in [2.75, 3.05) is 26.4 Å². The molecule has 0 aliphatic rings. The first-order valence-corrected chi connectivity index (χ1v) is 48.5. The molecule has 0 bridgehead atoms. The van der Waals surface area contributed by atoms with Gasteiger partial charge in [-0.15, -0.1) is 12.8 Å². The molecule has 0 atom stereocenters. The zero-order chi connectivity index (χ0) is 86.9. The summed E-state index contributed by atoms with van der Waals surface area (Å²) in [6, 6.07) is 73.9. The number of nitrogens with zero attached hydrogens (tertiary/aromatic N) is 1. The van der Waals surface area contributed by atoms with Crippen LogP contribution in [-0.4, -0.2) is 31.4 Å². The molecule has 0 fully saturated rings. The Hall–Kier alpha value is -10.4. The van der Waals surface area contributed by atoms with E-state index in [9.17, 15) is 0 Å². The van der Waals surface area contributed by atoms with Gasteiger partial charge in [-0.3, -0.25) is 0 Å². The number of terminal acetylenes is 2. The van der Waals surface area contributed by atoms with Gasteiger partial charge in [0, 0.05) is 46.5 Å². The zero-order valence-corrected chi connectivity index (χ0v) is 77.0. The van der Waals surface area contributed by atoms with Crippen LogP contribution in [-0.2, 0) is 5.41 Å². The summed E-state index contributed by atoms with van der Waals surface area (Å²) in [5.41, 5.74) is 21.4. The molecule has 1 aromatic heterocycles. The van der Waals surface area contributed by atoms with Crippen molar-refractivity contribution in [2.24, 2.45) is 0 Å². The smallest absolute Gasteiger partial charge is 0.136 e. The number of hydrogen-bond acceptors (Lipinski definition) is 5. The average Bonchev–Trinajstić information content (AvgIpc) is 0.800. The number of unbranched alkanes of at least 4 members (excludes halogenated alkanes) is 36. The maximum Gasteiger partial charge on any atom is 0.136 e. The summed E-state index contributed by atoms with van der Waals surface area (Å²) in [5, 5.41) is 0. The van der Waals surface area contributed by atoms with Crippen molar-refractivity contribution >= 4 is 0 Å². The fourth-order valence-electron chi connectivity index (χ4n) is 16.5. The SMILES string of the molecule is C#Cc1cc(OCCCCCCCCCCCC)c(C#Cc2cccc(-c3ccc(-c4ccc(-c5cc(-c6ccc(C(C)(C)C)cc6)cc(-c6ccc(-c7ccc(-c8cccc(C#Cc9cc(OCCCCCCCCCCCC)c(C#C)cc9OCCCCCCCCCCCC)c8)cc7)cc6)n5)cc4)cc3)c2)cc1OCCCCCCCCCCCC. The fourth-order valence-corrected chi connectivity index (χ4v) is 16.5. The maximum absolute atomic E-state index is 6.54. The summed E-state index contributed by atoms with van der Waals surface area (Å²) in [5.74, 6) is 22.7. The van der Waals surface area contributed by atoms with Crippen molar-refractivity contribution in [1.82, 2.24) is 4.98 Å². The van der Waals surface area contributed by atoms with Gasteiger partial charge >= 0.3 is 0 Å². The molecular formula is C119H145NO4. The van der Waals surface area contributed by atoms with Gasteiger partial charge in [0.25, 0.3) is 0 Å². The Kier molecular flexibility index (Phi) is 42.5. The van der Waals surface area contributed by atoms with Crippen LogP contribution in [0.1, 0.15) is 344 Å².